The number of rotatable bonds is 4. The fourth-order valence-corrected chi connectivity index (χ4v) is 2.40. The summed E-state index contributed by atoms with van der Waals surface area (Å²) in [6.45, 7) is 3.42. The first kappa shape index (κ1) is 14.2. The predicted molar refractivity (Wildman–Crippen MR) is 70.8 cm³/mol. The Morgan fingerprint density at radius 1 is 1.26 bits per heavy atom. The smallest absolute Gasteiger partial charge is 0.317 e. The summed E-state index contributed by atoms with van der Waals surface area (Å²) in [4.78, 5) is 14.6. The van der Waals surface area contributed by atoms with Gasteiger partial charge in [0.1, 0.15) is 5.82 Å². The van der Waals surface area contributed by atoms with Crippen molar-refractivity contribution < 1.29 is 14.3 Å². The first-order valence-electron chi connectivity index (χ1n) is 6.15. The number of hydrogen-bond acceptors (Lipinski definition) is 3. The molecule has 0 amide bonds. The monoisotopic (exact) mass is 286 g/mol. The van der Waals surface area contributed by atoms with Crippen LogP contribution in [0.4, 0.5) is 4.39 Å². The zero-order chi connectivity index (χ0) is 13.8. The van der Waals surface area contributed by atoms with Crippen LogP contribution in [0.1, 0.15) is 5.56 Å². The lowest BCUT2D eigenvalue weighted by Crippen LogP contribution is -2.47. The van der Waals surface area contributed by atoms with Gasteiger partial charge in [0, 0.05) is 38.3 Å². The van der Waals surface area contributed by atoms with E-state index >= 15 is 0 Å². The number of hydrogen-bond donors (Lipinski definition) is 1. The van der Waals surface area contributed by atoms with Crippen LogP contribution in [0.2, 0.25) is 5.02 Å². The number of halogens is 2. The van der Waals surface area contributed by atoms with E-state index in [2.05, 4.69) is 4.90 Å². The zero-order valence-corrected chi connectivity index (χ0v) is 11.2. The summed E-state index contributed by atoms with van der Waals surface area (Å²) in [6, 6.07) is 5.00. The molecule has 1 aromatic rings. The van der Waals surface area contributed by atoms with Crippen molar-refractivity contribution in [1.29, 1.82) is 0 Å². The maximum absolute atomic E-state index is 13.8. The Bertz CT molecular complexity index is 462. The van der Waals surface area contributed by atoms with Crippen LogP contribution in [0, 0.1) is 5.82 Å². The van der Waals surface area contributed by atoms with E-state index in [-0.39, 0.29) is 17.4 Å². The Hall–Kier alpha value is -1.17. The van der Waals surface area contributed by atoms with E-state index in [1.165, 1.54) is 6.07 Å². The Morgan fingerprint density at radius 3 is 2.53 bits per heavy atom. The molecule has 0 aromatic heterocycles. The standard InChI is InChI=1S/C13H16ClFN2O2/c14-11-3-1-2-10(13(11)15)8-16-4-6-17(7-5-16)9-12(18)19/h1-3H,4-9H2,(H,18,19). The molecule has 0 atom stereocenters. The van der Waals surface area contributed by atoms with E-state index in [9.17, 15) is 9.18 Å². The van der Waals surface area contributed by atoms with Crippen molar-refractivity contribution in [2.75, 3.05) is 32.7 Å². The van der Waals surface area contributed by atoms with Crippen LogP contribution in [0.3, 0.4) is 0 Å². The summed E-state index contributed by atoms with van der Waals surface area (Å²) in [7, 11) is 0. The van der Waals surface area contributed by atoms with Gasteiger partial charge >= 0.3 is 5.97 Å². The van der Waals surface area contributed by atoms with Gasteiger partial charge in [0.05, 0.1) is 11.6 Å². The Morgan fingerprint density at radius 2 is 1.89 bits per heavy atom. The molecule has 1 saturated heterocycles. The van der Waals surface area contributed by atoms with E-state index in [4.69, 9.17) is 16.7 Å². The summed E-state index contributed by atoms with van der Waals surface area (Å²) in [5.41, 5.74) is 0.583. The molecule has 0 unspecified atom stereocenters. The molecule has 1 N–H and O–H groups in total. The average molecular weight is 287 g/mol. The number of nitrogens with zero attached hydrogens (tertiary/aromatic N) is 2. The lowest BCUT2D eigenvalue weighted by atomic mass is 10.2. The molecule has 19 heavy (non-hydrogen) atoms. The summed E-state index contributed by atoms with van der Waals surface area (Å²) >= 11 is 5.74. The normalized spacial score (nSPS) is 17.6. The van der Waals surface area contributed by atoms with Crippen LogP contribution >= 0.6 is 11.6 Å². The number of carboxylic acids is 1. The van der Waals surface area contributed by atoms with Gasteiger partial charge in [-0.2, -0.15) is 0 Å². The highest BCUT2D eigenvalue weighted by molar-refractivity contribution is 6.30. The van der Waals surface area contributed by atoms with Crippen molar-refractivity contribution in [2.24, 2.45) is 0 Å². The van der Waals surface area contributed by atoms with Crippen molar-refractivity contribution in [2.45, 2.75) is 6.54 Å². The first-order chi connectivity index (χ1) is 9.06. The van der Waals surface area contributed by atoms with E-state index in [0.29, 0.717) is 25.2 Å². The van der Waals surface area contributed by atoms with Crippen LogP contribution in [-0.4, -0.2) is 53.6 Å². The highest BCUT2D eigenvalue weighted by Gasteiger charge is 2.19. The molecule has 104 valence electrons. The van der Waals surface area contributed by atoms with Crippen molar-refractivity contribution in [3.05, 3.63) is 34.6 Å². The van der Waals surface area contributed by atoms with Crippen LogP contribution in [0.15, 0.2) is 18.2 Å². The number of carbonyl (C=O) groups is 1. The van der Waals surface area contributed by atoms with Crippen molar-refractivity contribution in [1.82, 2.24) is 9.80 Å². The molecule has 1 aliphatic heterocycles. The molecule has 1 heterocycles. The van der Waals surface area contributed by atoms with Gasteiger partial charge in [-0.1, -0.05) is 23.7 Å². The number of aliphatic carboxylic acids is 1. The molecule has 0 bridgehead atoms. The molecule has 0 aliphatic carbocycles. The minimum absolute atomic E-state index is 0.0688. The Labute approximate surface area is 116 Å². The van der Waals surface area contributed by atoms with Gasteiger partial charge in [-0.05, 0) is 6.07 Å². The number of carboxylic acid groups (broad SMARTS) is 1. The molecule has 6 heteroatoms. The first-order valence-corrected chi connectivity index (χ1v) is 6.53. The highest BCUT2D eigenvalue weighted by Crippen LogP contribution is 2.19. The fraction of sp³-hybridized carbons (Fsp3) is 0.462. The van der Waals surface area contributed by atoms with Gasteiger partial charge < -0.3 is 5.11 Å². The van der Waals surface area contributed by atoms with Crippen molar-refractivity contribution in [3.8, 4) is 0 Å². The van der Waals surface area contributed by atoms with Crippen LogP contribution in [-0.2, 0) is 11.3 Å². The molecule has 2 rings (SSSR count). The third-order valence-corrected chi connectivity index (χ3v) is 3.54. The third kappa shape index (κ3) is 3.89. The van der Waals surface area contributed by atoms with Gasteiger partial charge in [-0.15, -0.1) is 0 Å². The molecular weight excluding hydrogens is 271 g/mol. The summed E-state index contributed by atoms with van der Waals surface area (Å²) in [6.07, 6.45) is 0. The predicted octanol–water partition coefficient (Wildman–Crippen LogP) is 1.68. The molecular formula is C13H16ClFN2O2. The molecule has 1 fully saturated rings. The van der Waals surface area contributed by atoms with E-state index in [1.54, 1.807) is 12.1 Å². The number of piperazine rings is 1. The summed E-state index contributed by atoms with van der Waals surface area (Å²) in [5, 5.41) is 8.85. The zero-order valence-electron chi connectivity index (χ0n) is 10.5. The van der Waals surface area contributed by atoms with Crippen molar-refractivity contribution in [3.63, 3.8) is 0 Å². The molecule has 0 radical (unpaired) electrons. The second-order valence-corrected chi connectivity index (χ2v) is 5.07. The summed E-state index contributed by atoms with van der Waals surface area (Å²) < 4.78 is 13.8. The van der Waals surface area contributed by atoms with Gasteiger partial charge in [-0.3, -0.25) is 14.6 Å². The summed E-state index contributed by atoms with van der Waals surface area (Å²) in [5.74, 6) is -1.17. The molecule has 0 spiro atoms. The molecule has 1 aliphatic rings. The SMILES string of the molecule is O=C(O)CN1CCN(Cc2cccc(Cl)c2F)CC1. The molecule has 4 nitrogen and oxygen atoms in total. The van der Waals surface area contributed by atoms with Gasteiger partial charge in [0.2, 0.25) is 0 Å². The van der Waals surface area contributed by atoms with Gasteiger partial charge in [0.25, 0.3) is 0 Å². The number of benzene rings is 1. The second-order valence-electron chi connectivity index (χ2n) is 4.66. The average Bonchev–Trinajstić information content (AvgIpc) is 2.37. The maximum atomic E-state index is 13.8. The molecule has 0 saturated carbocycles. The van der Waals surface area contributed by atoms with Crippen molar-refractivity contribution >= 4 is 17.6 Å². The van der Waals surface area contributed by atoms with Gasteiger partial charge in [0.15, 0.2) is 0 Å². The highest BCUT2D eigenvalue weighted by atomic mass is 35.5. The van der Waals surface area contributed by atoms with Crippen LogP contribution in [0.5, 0.6) is 0 Å². The maximum Gasteiger partial charge on any atom is 0.317 e. The molecule has 1 aromatic carbocycles. The largest absolute Gasteiger partial charge is 0.480 e. The van der Waals surface area contributed by atoms with E-state index < -0.39 is 5.97 Å². The third-order valence-electron chi connectivity index (χ3n) is 3.25. The minimum atomic E-state index is -0.811. The topological polar surface area (TPSA) is 43.8 Å². The van der Waals surface area contributed by atoms with Crippen LogP contribution in [0.25, 0.3) is 0 Å². The van der Waals surface area contributed by atoms with Gasteiger partial charge in [-0.25, -0.2) is 4.39 Å². The quantitative estimate of drug-likeness (QED) is 0.915. The van der Waals surface area contributed by atoms with E-state index in [1.807, 2.05) is 4.90 Å². The minimum Gasteiger partial charge on any atom is -0.480 e. The van der Waals surface area contributed by atoms with E-state index in [0.717, 1.165) is 13.1 Å². The second kappa shape index (κ2) is 6.32. The van der Waals surface area contributed by atoms with Crippen LogP contribution < -0.4 is 0 Å². The Kier molecular flexibility index (Phi) is 4.74. The lowest BCUT2D eigenvalue weighted by molar-refractivity contribution is -0.138. The Balaban J connectivity index is 1.89. The lowest BCUT2D eigenvalue weighted by Gasteiger charge is -2.33. The fourth-order valence-electron chi connectivity index (χ4n) is 2.21.